The van der Waals surface area contributed by atoms with Gasteiger partial charge in [0.15, 0.2) is 11.7 Å². The molecule has 6 heteroatoms. The Kier molecular flexibility index (Phi) is 5.50. The van der Waals surface area contributed by atoms with E-state index in [2.05, 4.69) is 5.32 Å². The molecule has 1 aromatic rings. The monoisotopic (exact) mass is 302 g/mol. The number of hydrogen-bond acceptors (Lipinski definition) is 5. The van der Waals surface area contributed by atoms with Crippen LogP contribution in [0, 0.1) is 17.2 Å². The fourth-order valence-corrected chi connectivity index (χ4v) is 2.34. The van der Waals surface area contributed by atoms with Crippen LogP contribution in [0.25, 0.3) is 0 Å². The van der Waals surface area contributed by atoms with E-state index >= 15 is 0 Å². The lowest BCUT2D eigenvalue weighted by atomic mass is 9.98. The summed E-state index contributed by atoms with van der Waals surface area (Å²) in [6.07, 6.45) is 1.63. The van der Waals surface area contributed by atoms with Crippen molar-refractivity contribution in [3.05, 3.63) is 24.3 Å². The first kappa shape index (κ1) is 16.0. The third-order valence-corrected chi connectivity index (χ3v) is 3.50. The molecule has 2 atom stereocenters. The maximum Gasteiger partial charge on any atom is 0.249 e. The van der Waals surface area contributed by atoms with Crippen LogP contribution >= 0.6 is 0 Å². The van der Waals surface area contributed by atoms with Crippen LogP contribution in [0.1, 0.15) is 19.3 Å². The molecule has 1 N–H and O–H groups in total. The quantitative estimate of drug-likeness (QED) is 0.811. The molecule has 1 aliphatic heterocycles. The van der Waals surface area contributed by atoms with Gasteiger partial charge < -0.3 is 14.8 Å². The fraction of sp³-hybridized carbons (Fsp3) is 0.438. The molecule has 116 valence electrons. The van der Waals surface area contributed by atoms with E-state index < -0.39 is 17.6 Å². The molecule has 0 spiro atoms. The number of amides is 1. The first-order chi connectivity index (χ1) is 10.6. The summed E-state index contributed by atoms with van der Waals surface area (Å²) in [5, 5.41) is 11.7. The average Bonchev–Trinajstić information content (AvgIpc) is 3.01. The number of carbonyl (C=O) groups excluding carboxylic acids is 2. The average molecular weight is 302 g/mol. The summed E-state index contributed by atoms with van der Waals surface area (Å²) in [4.78, 5) is 24.2. The predicted molar refractivity (Wildman–Crippen MR) is 79.3 cm³/mol. The van der Waals surface area contributed by atoms with Crippen molar-refractivity contribution in [2.75, 3.05) is 19.0 Å². The molecule has 1 heterocycles. The molecule has 0 bridgehead atoms. The standard InChI is InChI=1S/C16H18N2O4/c1-21-12-5-2-4-11(8-12)18-16(20)14(10-17)15(19)9-13-6-3-7-22-13/h2,4-5,8,13-14H,3,6-7,9H2,1H3,(H,18,20)/t13-,14+/m0/s1. The fourth-order valence-electron chi connectivity index (χ4n) is 2.34. The Labute approximate surface area is 129 Å². The predicted octanol–water partition coefficient (Wildman–Crippen LogP) is 1.91. The zero-order valence-corrected chi connectivity index (χ0v) is 12.4. The van der Waals surface area contributed by atoms with Gasteiger partial charge in [0, 0.05) is 24.8 Å². The largest absolute Gasteiger partial charge is 0.497 e. The summed E-state index contributed by atoms with van der Waals surface area (Å²) in [5.74, 6) is -1.78. The van der Waals surface area contributed by atoms with Crippen molar-refractivity contribution in [3.63, 3.8) is 0 Å². The van der Waals surface area contributed by atoms with Crippen molar-refractivity contribution < 1.29 is 19.1 Å². The van der Waals surface area contributed by atoms with Crippen LogP contribution in [-0.2, 0) is 14.3 Å². The second-order valence-electron chi connectivity index (χ2n) is 5.09. The minimum Gasteiger partial charge on any atom is -0.497 e. The molecule has 0 saturated carbocycles. The summed E-state index contributed by atoms with van der Waals surface area (Å²) >= 11 is 0. The molecule has 22 heavy (non-hydrogen) atoms. The molecular formula is C16H18N2O4. The van der Waals surface area contributed by atoms with Gasteiger partial charge in [0.05, 0.1) is 19.3 Å². The van der Waals surface area contributed by atoms with Gasteiger partial charge in [-0.2, -0.15) is 5.26 Å². The number of nitriles is 1. The highest BCUT2D eigenvalue weighted by Gasteiger charge is 2.30. The molecule has 1 saturated heterocycles. The first-order valence-electron chi connectivity index (χ1n) is 7.13. The van der Waals surface area contributed by atoms with E-state index in [1.807, 2.05) is 0 Å². The summed E-state index contributed by atoms with van der Waals surface area (Å²) in [5.41, 5.74) is 0.481. The lowest BCUT2D eigenvalue weighted by Crippen LogP contribution is -2.30. The van der Waals surface area contributed by atoms with Crippen LogP contribution in [0.3, 0.4) is 0 Å². The van der Waals surface area contributed by atoms with Crippen molar-refractivity contribution in [2.45, 2.75) is 25.4 Å². The lowest BCUT2D eigenvalue weighted by molar-refractivity contribution is -0.130. The molecule has 1 aliphatic rings. The van der Waals surface area contributed by atoms with E-state index in [0.717, 1.165) is 12.8 Å². The second-order valence-corrected chi connectivity index (χ2v) is 5.09. The van der Waals surface area contributed by atoms with Gasteiger partial charge in [0.25, 0.3) is 0 Å². The van der Waals surface area contributed by atoms with Crippen LogP contribution in [0.15, 0.2) is 24.3 Å². The number of rotatable bonds is 6. The van der Waals surface area contributed by atoms with E-state index in [0.29, 0.717) is 18.0 Å². The van der Waals surface area contributed by atoms with Gasteiger partial charge in [-0.15, -0.1) is 0 Å². The molecular weight excluding hydrogens is 284 g/mol. The topological polar surface area (TPSA) is 88.4 Å². The first-order valence-corrected chi connectivity index (χ1v) is 7.13. The number of benzene rings is 1. The SMILES string of the molecule is COc1cccc(NC(=O)[C@H](C#N)C(=O)C[C@@H]2CCCO2)c1. The third kappa shape index (κ3) is 4.06. The molecule has 0 radical (unpaired) electrons. The molecule has 0 aliphatic carbocycles. The zero-order chi connectivity index (χ0) is 15.9. The number of anilines is 1. The minimum absolute atomic E-state index is 0.101. The van der Waals surface area contributed by atoms with Crippen molar-refractivity contribution in [3.8, 4) is 11.8 Å². The van der Waals surface area contributed by atoms with Gasteiger partial charge in [-0.25, -0.2) is 0 Å². The molecule has 2 rings (SSSR count). The maximum atomic E-state index is 12.1. The Bertz CT molecular complexity index is 588. The molecule has 6 nitrogen and oxygen atoms in total. The smallest absolute Gasteiger partial charge is 0.249 e. The van der Waals surface area contributed by atoms with Crippen LogP contribution in [0.2, 0.25) is 0 Å². The number of methoxy groups -OCH3 is 1. The normalized spacial score (nSPS) is 18.3. The molecule has 1 amide bonds. The zero-order valence-electron chi connectivity index (χ0n) is 12.4. The summed E-state index contributed by atoms with van der Waals surface area (Å²) in [7, 11) is 1.52. The van der Waals surface area contributed by atoms with Gasteiger partial charge >= 0.3 is 0 Å². The second kappa shape index (κ2) is 7.57. The van der Waals surface area contributed by atoms with E-state index in [1.165, 1.54) is 7.11 Å². The minimum atomic E-state index is -1.32. The number of ketones is 1. The summed E-state index contributed by atoms with van der Waals surface area (Å²) < 4.78 is 10.4. The highest BCUT2D eigenvalue weighted by atomic mass is 16.5. The van der Waals surface area contributed by atoms with E-state index in [4.69, 9.17) is 14.7 Å². The Morgan fingerprint density at radius 2 is 2.36 bits per heavy atom. The van der Waals surface area contributed by atoms with Crippen LogP contribution in [-0.4, -0.2) is 31.5 Å². The molecule has 0 unspecified atom stereocenters. The van der Waals surface area contributed by atoms with Gasteiger partial charge in [-0.3, -0.25) is 9.59 Å². The number of nitrogens with one attached hydrogen (secondary N) is 1. The number of nitrogens with zero attached hydrogens (tertiary/aromatic N) is 1. The van der Waals surface area contributed by atoms with Crippen LogP contribution in [0.5, 0.6) is 5.75 Å². The Balaban J connectivity index is 1.98. The Morgan fingerprint density at radius 3 is 3.00 bits per heavy atom. The number of hydrogen-bond donors (Lipinski definition) is 1. The van der Waals surface area contributed by atoms with Gasteiger partial charge in [0.1, 0.15) is 5.75 Å². The number of carbonyl (C=O) groups is 2. The summed E-state index contributed by atoms with van der Waals surface area (Å²) in [6, 6.07) is 8.51. The van der Waals surface area contributed by atoms with E-state index in [-0.39, 0.29) is 12.5 Å². The van der Waals surface area contributed by atoms with E-state index in [1.54, 1.807) is 30.3 Å². The number of ether oxygens (including phenoxy) is 2. The van der Waals surface area contributed by atoms with Gasteiger partial charge in [-0.05, 0) is 25.0 Å². The van der Waals surface area contributed by atoms with Crippen LogP contribution in [0.4, 0.5) is 5.69 Å². The van der Waals surface area contributed by atoms with Crippen molar-refractivity contribution in [1.29, 1.82) is 5.26 Å². The van der Waals surface area contributed by atoms with Crippen molar-refractivity contribution in [1.82, 2.24) is 0 Å². The van der Waals surface area contributed by atoms with Gasteiger partial charge in [0.2, 0.25) is 5.91 Å². The lowest BCUT2D eigenvalue weighted by Gasteiger charge is -2.12. The highest BCUT2D eigenvalue weighted by Crippen LogP contribution is 2.20. The number of Topliss-reactive ketones (excluding diaryl/α,β-unsaturated/α-hetero) is 1. The molecule has 1 fully saturated rings. The highest BCUT2D eigenvalue weighted by molar-refractivity contribution is 6.09. The summed E-state index contributed by atoms with van der Waals surface area (Å²) in [6.45, 7) is 0.630. The van der Waals surface area contributed by atoms with Crippen LogP contribution < -0.4 is 10.1 Å². The van der Waals surface area contributed by atoms with Gasteiger partial charge in [-0.1, -0.05) is 6.07 Å². The Hall–Kier alpha value is -2.39. The third-order valence-electron chi connectivity index (χ3n) is 3.50. The maximum absolute atomic E-state index is 12.1. The molecule has 1 aromatic carbocycles. The van der Waals surface area contributed by atoms with E-state index in [9.17, 15) is 9.59 Å². The van der Waals surface area contributed by atoms with Crippen molar-refractivity contribution >= 4 is 17.4 Å². The molecule has 0 aromatic heterocycles. The Morgan fingerprint density at radius 1 is 1.55 bits per heavy atom. The van der Waals surface area contributed by atoms with Crippen molar-refractivity contribution in [2.24, 2.45) is 5.92 Å².